The van der Waals surface area contributed by atoms with E-state index in [0.29, 0.717) is 5.75 Å². The number of methoxy groups -OCH3 is 1. The van der Waals surface area contributed by atoms with Crippen LogP contribution in [-0.2, 0) is 9.84 Å². The Labute approximate surface area is 128 Å². The molecule has 6 heteroatoms. The molecule has 21 heavy (non-hydrogen) atoms. The number of ether oxygens (including phenoxy) is 1. The van der Waals surface area contributed by atoms with Crippen molar-refractivity contribution in [3.63, 3.8) is 0 Å². The van der Waals surface area contributed by atoms with E-state index in [1.807, 2.05) is 24.3 Å². The van der Waals surface area contributed by atoms with Crippen molar-refractivity contribution in [2.24, 2.45) is 0 Å². The van der Waals surface area contributed by atoms with Crippen molar-refractivity contribution in [3.8, 4) is 11.5 Å². The molecule has 0 aliphatic heterocycles. The average Bonchev–Trinajstić information content (AvgIpc) is 2.48. The summed E-state index contributed by atoms with van der Waals surface area (Å²) in [5, 5.41) is 9.62. The fourth-order valence-corrected chi connectivity index (χ4v) is 4.44. The van der Waals surface area contributed by atoms with Crippen molar-refractivity contribution < 1.29 is 18.3 Å². The SMILES string of the molecule is COc1ccc(SCCS(=O)(=O)c2ccccc2O)cc1. The van der Waals surface area contributed by atoms with Gasteiger partial charge in [-0.25, -0.2) is 8.42 Å². The maximum atomic E-state index is 12.2. The first-order valence-electron chi connectivity index (χ1n) is 6.30. The first kappa shape index (κ1) is 15.7. The second-order valence-corrected chi connectivity index (χ2v) is 7.56. The molecule has 4 nitrogen and oxygen atoms in total. The Balaban J connectivity index is 1.97. The molecule has 1 N–H and O–H groups in total. The fraction of sp³-hybridized carbons (Fsp3) is 0.200. The maximum Gasteiger partial charge on any atom is 0.182 e. The summed E-state index contributed by atoms with van der Waals surface area (Å²) >= 11 is 1.45. The summed E-state index contributed by atoms with van der Waals surface area (Å²) in [6, 6.07) is 13.4. The van der Waals surface area contributed by atoms with Crippen molar-refractivity contribution in [2.45, 2.75) is 9.79 Å². The molecule has 0 fully saturated rings. The lowest BCUT2D eigenvalue weighted by Gasteiger charge is -2.07. The van der Waals surface area contributed by atoms with E-state index >= 15 is 0 Å². The largest absolute Gasteiger partial charge is 0.507 e. The Morgan fingerprint density at radius 3 is 2.38 bits per heavy atom. The van der Waals surface area contributed by atoms with Crippen LogP contribution in [0, 0.1) is 0 Å². The number of para-hydroxylation sites is 1. The van der Waals surface area contributed by atoms with Crippen LogP contribution in [0.5, 0.6) is 11.5 Å². The van der Waals surface area contributed by atoms with E-state index in [4.69, 9.17) is 4.74 Å². The molecule has 0 aromatic heterocycles. The molecular formula is C15H16O4S2. The lowest BCUT2D eigenvalue weighted by Crippen LogP contribution is -2.09. The quantitative estimate of drug-likeness (QED) is 0.828. The molecule has 0 aliphatic carbocycles. The lowest BCUT2D eigenvalue weighted by atomic mass is 10.3. The zero-order valence-electron chi connectivity index (χ0n) is 11.5. The Kier molecular flexibility index (Phi) is 5.14. The minimum absolute atomic E-state index is 0.0136. The van der Waals surface area contributed by atoms with Gasteiger partial charge in [-0.05, 0) is 36.4 Å². The molecule has 0 spiro atoms. The van der Waals surface area contributed by atoms with Crippen LogP contribution in [0.1, 0.15) is 0 Å². The molecule has 0 saturated heterocycles. The zero-order chi connectivity index (χ0) is 15.3. The van der Waals surface area contributed by atoms with Crippen LogP contribution in [0.4, 0.5) is 0 Å². The number of sulfone groups is 1. The number of aromatic hydroxyl groups is 1. The summed E-state index contributed by atoms with van der Waals surface area (Å²) in [6.07, 6.45) is 0. The van der Waals surface area contributed by atoms with Gasteiger partial charge in [-0.1, -0.05) is 12.1 Å². The van der Waals surface area contributed by atoms with Crippen LogP contribution in [0.25, 0.3) is 0 Å². The van der Waals surface area contributed by atoms with Gasteiger partial charge in [-0.15, -0.1) is 11.8 Å². The van der Waals surface area contributed by atoms with Gasteiger partial charge in [0.1, 0.15) is 16.4 Å². The number of hydrogen-bond acceptors (Lipinski definition) is 5. The molecule has 0 bridgehead atoms. The second kappa shape index (κ2) is 6.87. The van der Waals surface area contributed by atoms with E-state index < -0.39 is 9.84 Å². The van der Waals surface area contributed by atoms with Gasteiger partial charge in [0.25, 0.3) is 0 Å². The van der Waals surface area contributed by atoms with Crippen LogP contribution in [-0.4, -0.2) is 32.1 Å². The monoisotopic (exact) mass is 324 g/mol. The number of phenols is 1. The smallest absolute Gasteiger partial charge is 0.182 e. The minimum atomic E-state index is -3.47. The summed E-state index contributed by atoms with van der Waals surface area (Å²) in [4.78, 5) is 0.962. The number of benzene rings is 2. The molecule has 2 aromatic carbocycles. The van der Waals surface area contributed by atoms with Gasteiger partial charge in [0.05, 0.1) is 12.9 Å². The lowest BCUT2D eigenvalue weighted by molar-refractivity contribution is 0.414. The van der Waals surface area contributed by atoms with Crippen LogP contribution in [0.3, 0.4) is 0 Å². The minimum Gasteiger partial charge on any atom is -0.507 e. The third-order valence-corrected chi connectivity index (χ3v) is 5.91. The summed E-state index contributed by atoms with van der Waals surface area (Å²) in [7, 11) is -1.87. The van der Waals surface area contributed by atoms with Crippen molar-refractivity contribution in [1.82, 2.24) is 0 Å². The molecule has 0 saturated carbocycles. The van der Waals surface area contributed by atoms with Crippen LogP contribution < -0.4 is 4.74 Å². The van der Waals surface area contributed by atoms with E-state index in [-0.39, 0.29) is 16.4 Å². The van der Waals surface area contributed by atoms with Gasteiger partial charge in [-0.2, -0.15) is 0 Å². The molecule has 0 unspecified atom stereocenters. The standard InChI is InChI=1S/C15H16O4S2/c1-19-12-6-8-13(9-7-12)20-10-11-21(17,18)15-5-3-2-4-14(15)16/h2-9,16H,10-11H2,1H3. The molecule has 112 valence electrons. The highest BCUT2D eigenvalue weighted by Gasteiger charge is 2.17. The van der Waals surface area contributed by atoms with Gasteiger partial charge >= 0.3 is 0 Å². The summed E-state index contributed by atoms with van der Waals surface area (Å²) < 4.78 is 29.4. The van der Waals surface area contributed by atoms with Crippen molar-refractivity contribution in [3.05, 3.63) is 48.5 Å². The third-order valence-electron chi connectivity index (χ3n) is 2.88. The number of thioether (sulfide) groups is 1. The molecule has 0 amide bonds. The topological polar surface area (TPSA) is 63.6 Å². The Morgan fingerprint density at radius 1 is 1.10 bits per heavy atom. The molecule has 2 rings (SSSR count). The van der Waals surface area contributed by atoms with Gasteiger partial charge in [0, 0.05) is 10.6 Å². The fourth-order valence-electron chi connectivity index (χ4n) is 1.77. The van der Waals surface area contributed by atoms with Crippen LogP contribution in [0.15, 0.2) is 58.3 Å². The molecule has 0 radical (unpaired) electrons. The molecule has 0 atom stereocenters. The summed E-state index contributed by atoms with van der Waals surface area (Å²) in [5.74, 6) is 0.956. The highest BCUT2D eigenvalue weighted by Crippen LogP contribution is 2.25. The Morgan fingerprint density at radius 2 is 1.76 bits per heavy atom. The molecule has 2 aromatic rings. The number of rotatable bonds is 6. The van der Waals surface area contributed by atoms with E-state index in [1.165, 1.54) is 23.9 Å². The predicted octanol–water partition coefficient (Wildman–Crippen LogP) is 2.97. The number of hydrogen-bond donors (Lipinski definition) is 1. The van der Waals surface area contributed by atoms with Gasteiger partial charge in [0.2, 0.25) is 0 Å². The van der Waals surface area contributed by atoms with Crippen LogP contribution >= 0.6 is 11.8 Å². The van der Waals surface area contributed by atoms with E-state index in [0.717, 1.165) is 10.6 Å². The van der Waals surface area contributed by atoms with E-state index in [1.54, 1.807) is 19.2 Å². The normalized spacial score (nSPS) is 11.3. The predicted molar refractivity (Wildman–Crippen MR) is 83.9 cm³/mol. The van der Waals surface area contributed by atoms with Crippen molar-refractivity contribution >= 4 is 21.6 Å². The number of phenolic OH excluding ortho intramolecular Hbond substituents is 1. The van der Waals surface area contributed by atoms with Gasteiger partial charge in [-0.3, -0.25) is 0 Å². The van der Waals surface area contributed by atoms with E-state index in [9.17, 15) is 13.5 Å². The third kappa shape index (κ3) is 4.15. The zero-order valence-corrected chi connectivity index (χ0v) is 13.2. The first-order chi connectivity index (χ1) is 10.0. The van der Waals surface area contributed by atoms with Crippen molar-refractivity contribution in [1.29, 1.82) is 0 Å². The molecular weight excluding hydrogens is 308 g/mol. The summed E-state index contributed by atoms with van der Waals surface area (Å²) in [5.41, 5.74) is 0. The van der Waals surface area contributed by atoms with E-state index in [2.05, 4.69) is 0 Å². The Bertz CT molecular complexity index is 694. The summed E-state index contributed by atoms with van der Waals surface area (Å²) in [6.45, 7) is 0. The second-order valence-electron chi connectivity index (χ2n) is 4.31. The van der Waals surface area contributed by atoms with Crippen molar-refractivity contribution in [2.75, 3.05) is 18.6 Å². The first-order valence-corrected chi connectivity index (χ1v) is 8.94. The highest BCUT2D eigenvalue weighted by molar-refractivity contribution is 8.00. The molecule has 0 aliphatic rings. The van der Waals surface area contributed by atoms with Gasteiger partial charge < -0.3 is 9.84 Å². The van der Waals surface area contributed by atoms with Crippen LogP contribution in [0.2, 0.25) is 0 Å². The maximum absolute atomic E-state index is 12.2. The highest BCUT2D eigenvalue weighted by atomic mass is 32.2. The average molecular weight is 324 g/mol. The Hall–Kier alpha value is -1.66. The van der Waals surface area contributed by atoms with Gasteiger partial charge in [0.15, 0.2) is 9.84 Å². The molecule has 0 heterocycles.